The Morgan fingerprint density at radius 1 is 1.16 bits per heavy atom. The fraction of sp³-hybridized carbons (Fsp3) is 0.211. The van der Waals surface area contributed by atoms with Gasteiger partial charge in [-0.2, -0.15) is 0 Å². The van der Waals surface area contributed by atoms with Gasteiger partial charge in [0.15, 0.2) is 0 Å². The lowest BCUT2D eigenvalue weighted by Gasteiger charge is -2.17. The predicted octanol–water partition coefficient (Wildman–Crippen LogP) is 2.02. The Balaban J connectivity index is 1.73. The maximum atomic E-state index is 12.2. The van der Waals surface area contributed by atoms with Crippen molar-refractivity contribution < 1.29 is 19.3 Å². The van der Waals surface area contributed by atoms with Gasteiger partial charge in [-0.15, -0.1) is 0 Å². The zero-order chi connectivity index (χ0) is 17.8. The van der Waals surface area contributed by atoms with Crippen LogP contribution in [-0.4, -0.2) is 29.0 Å². The van der Waals surface area contributed by atoms with E-state index in [-0.39, 0.29) is 18.7 Å². The quantitative estimate of drug-likeness (QED) is 0.601. The Morgan fingerprint density at radius 2 is 1.92 bits per heavy atom. The number of hydrogen-bond acceptors (Lipinski definition) is 4. The van der Waals surface area contributed by atoms with Crippen LogP contribution in [0.2, 0.25) is 0 Å². The number of hydrogen-bond donors (Lipinski definition) is 3. The van der Waals surface area contributed by atoms with Gasteiger partial charge in [-0.1, -0.05) is 48.5 Å². The number of carbonyl (C=O) groups excluding carboxylic acids is 1. The second-order valence-electron chi connectivity index (χ2n) is 6.17. The molecule has 1 heterocycles. The lowest BCUT2D eigenvalue weighted by atomic mass is 9.75. The smallest absolute Gasteiger partial charge is 0.464 e. The molecule has 0 aliphatic rings. The highest BCUT2D eigenvalue weighted by Crippen LogP contribution is 2.25. The van der Waals surface area contributed by atoms with Gasteiger partial charge in [-0.25, -0.2) is 0 Å². The molecule has 1 unspecified atom stereocenters. The van der Waals surface area contributed by atoms with Gasteiger partial charge in [-0.05, 0) is 30.0 Å². The summed E-state index contributed by atoms with van der Waals surface area (Å²) >= 11 is 0. The number of furan rings is 1. The average Bonchev–Trinajstić information content (AvgIpc) is 2.99. The molecule has 0 spiro atoms. The summed E-state index contributed by atoms with van der Waals surface area (Å²) in [4.78, 5) is 12.2. The molecule has 2 aromatic carbocycles. The summed E-state index contributed by atoms with van der Waals surface area (Å²) in [6.07, 6.45) is 2.07. The molecule has 3 N–H and O–H groups in total. The van der Waals surface area contributed by atoms with E-state index in [9.17, 15) is 14.8 Å². The molecular formula is C19H20BNO4. The number of para-hydroxylation sites is 1. The summed E-state index contributed by atoms with van der Waals surface area (Å²) in [5, 5.41) is 22.9. The number of fused-ring (bicyclic) bond motifs is 1. The van der Waals surface area contributed by atoms with E-state index >= 15 is 0 Å². The maximum absolute atomic E-state index is 12.2. The molecule has 0 fully saturated rings. The van der Waals surface area contributed by atoms with E-state index in [2.05, 4.69) is 5.32 Å². The fourth-order valence-electron chi connectivity index (χ4n) is 2.92. The monoisotopic (exact) mass is 337 g/mol. The van der Waals surface area contributed by atoms with Crippen molar-refractivity contribution in [3.8, 4) is 0 Å². The first-order valence-electron chi connectivity index (χ1n) is 8.19. The molecule has 0 bridgehead atoms. The first kappa shape index (κ1) is 17.3. The van der Waals surface area contributed by atoms with Gasteiger partial charge in [0, 0.05) is 5.39 Å². The van der Waals surface area contributed by atoms with Gasteiger partial charge in [0.25, 0.3) is 0 Å². The second kappa shape index (κ2) is 7.55. The molecule has 1 amide bonds. The zero-order valence-electron chi connectivity index (χ0n) is 14.0. The SMILES string of the molecule is Cc1cccc2c(CC(NC(=O)Cc3ccccc3)B(O)O)coc12. The van der Waals surface area contributed by atoms with Crippen LogP contribution in [0.5, 0.6) is 0 Å². The Hall–Kier alpha value is -2.57. The molecule has 1 atom stereocenters. The Morgan fingerprint density at radius 3 is 2.64 bits per heavy atom. The van der Waals surface area contributed by atoms with E-state index in [1.54, 1.807) is 6.26 Å². The van der Waals surface area contributed by atoms with Crippen LogP contribution in [0.1, 0.15) is 16.7 Å². The number of carbonyl (C=O) groups is 1. The summed E-state index contributed by atoms with van der Waals surface area (Å²) in [6.45, 7) is 1.95. The van der Waals surface area contributed by atoms with E-state index in [0.29, 0.717) is 0 Å². The molecule has 1 aromatic heterocycles. The van der Waals surface area contributed by atoms with Crippen molar-refractivity contribution in [3.63, 3.8) is 0 Å². The highest BCUT2D eigenvalue weighted by molar-refractivity contribution is 6.43. The Bertz CT molecular complexity index is 860. The van der Waals surface area contributed by atoms with Crippen molar-refractivity contribution in [3.05, 3.63) is 71.5 Å². The van der Waals surface area contributed by atoms with Crippen molar-refractivity contribution in [1.82, 2.24) is 5.32 Å². The third kappa shape index (κ3) is 4.10. The number of benzene rings is 2. The highest BCUT2D eigenvalue weighted by atomic mass is 16.4. The third-order valence-electron chi connectivity index (χ3n) is 4.23. The number of rotatable bonds is 6. The largest absolute Gasteiger partial charge is 0.475 e. The van der Waals surface area contributed by atoms with E-state index in [0.717, 1.165) is 27.7 Å². The van der Waals surface area contributed by atoms with Crippen molar-refractivity contribution >= 4 is 24.0 Å². The van der Waals surface area contributed by atoms with E-state index in [1.165, 1.54) is 0 Å². The molecule has 25 heavy (non-hydrogen) atoms. The van der Waals surface area contributed by atoms with Crippen molar-refractivity contribution in [2.45, 2.75) is 25.7 Å². The minimum absolute atomic E-state index is 0.190. The molecule has 0 saturated carbocycles. The number of amides is 1. The van der Waals surface area contributed by atoms with Gasteiger partial charge in [0.05, 0.1) is 18.6 Å². The lowest BCUT2D eigenvalue weighted by Crippen LogP contribution is -2.48. The van der Waals surface area contributed by atoms with Gasteiger partial charge in [-0.3, -0.25) is 4.79 Å². The standard InChI is InChI=1S/C19H20BNO4/c1-13-6-5-9-16-15(12-25-19(13)16)11-17(20(23)24)21-18(22)10-14-7-3-2-4-8-14/h2-9,12,17,23-24H,10-11H2,1H3,(H,21,22). The van der Waals surface area contributed by atoms with Gasteiger partial charge < -0.3 is 19.8 Å². The molecule has 5 nitrogen and oxygen atoms in total. The van der Waals surface area contributed by atoms with Crippen LogP contribution in [0.25, 0.3) is 11.0 Å². The second-order valence-corrected chi connectivity index (χ2v) is 6.17. The minimum atomic E-state index is -1.66. The van der Waals surface area contributed by atoms with Gasteiger partial charge >= 0.3 is 7.12 Å². The summed E-state index contributed by atoms with van der Waals surface area (Å²) < 4.78 is 5.59. The van der Waals surface area contributed by atoms with E-state index in [4.69, 9.17) is 4.42 Å². The topological polar surface area (TPSA) is 82.7 Å². The van der Waals surface area contributed by atoms with E-state index in [1.807, 2.05) is 55.5 Å². The van der Waals surface area contributed by atoms with Gasteiger partial charge in [0.2, 0.25) is 5.91 Å². The molecule has 128 valence electrons. The molecule has 0 saturated heterocycles. The minimum Gasteiger partial charge on any atom is -0.464 e. The van der Waals surface area contributed by atoms with Crippen LogP contribution < -0.4 is 5.32 Å². The summed E-state index contributed by atoms with van der Waals surface area (Å²) in [6, 6.07) is 15.1. The van der Waals surface area contributed by atoms with Gasteiger partial charge in [0.1, 0.15) is 5.58 Å². The summed E-state index contributed by atoms with van der Waals surface area (Å²) in [5.41, 5.74) is 3.49. The molecule has 0 aliphatic carbocycles. The normalized spacial score (nSPS) is 12.1. The van der Waals surface area contributed by atoms with Crippen LogP contribution in [0.15, 0.2) is 59.2 Å². The predicted molar refractivity (Wildman–Crippen MR) is 96.9 cm³/mol. The van der Waals surface area contributed by atoms with Crippen LogP contribution in [0, 0.1) is 6.92 Å². The molecule has 6 heteroatoms. The van der Waals surface area contributed by atoms with Crippen molar-refractivity contribution in [2.75, 3.05) is 0 Å². The fourth-order valence-corrected chi connectivity index (χ4v) is 2.92. The first-order valence-corrected chi connectivity index (χ1v) is 8.19. The Kier molecular flexibility index (Phi) is 5.21. The highest BCUT2D eigenvalue weighted by Gasteiger charge is 2.27. The lowest BCUT2D eigenvalue weighted by molar-refractivity contribution is -0.120. The number of aryl methyl sites for hydroxylation is 1. The number of nitrogens with one attached hydrogen (secondary N) is 1. The van der Waals surface area contributed by atoms with Crippen LogP contribution in [0.3, 0.4) is 0 Å². The molecule has 3 rings (SSSR count). The Labute approximate surface area is 146 Å². The average molecular weight is 337 g/mol. The summed E-state index contributed by atoms with van der Waals surface area (Å²) in [5.74, 6) is -1.06. The summed E-state index contributed by atoms with van der Waals surface area (Å²) in [7, 11) is -1.66. The molecule has 3 aromatic rings. The zero-order valence-corrected chi connectivity index (χ0v) is 14.0. The van der Waals surface area contributed by atoms with Crippen LogP contribution >= 0.6 is 0 Å². The van der Waals surface area contributed by atoms with Crippen molar-refractivity contribution in [2.24, 2.45) is 0 Å². The molecular weight excluding hydrogens is 317 g/mol. The van der Waals surface area contributed by atoms with Crippen LogP contribution in [-0.2, 0) is 17.6 Å². The molecule has 0 aliphatic heterocycles. The maximum Gasteiger partial charge on any atom is 0.475 e. The van der Waals surface area contributed by atoms with E-state index < -0.39 is 13.1 Å². The first-order chi connectivity index (χ1) is 12.0. The van der Waals surface area contributed by atoms with Crippen LogP contribution in [0.4, 0.5) is 0 Å². The third-order valence-corrected chi connectivity index (χ3v) is 4.23. The molecule has 0 radical (unpaired) electrons. The van der Waals surface area contributed by atoms with Crippen molar-refractivity contribution in [1.29, 1.82) is 0 Å².